The van der Waals surface area contributed by atoms with Crippen LogP contribution in [-0.2, 0) is 4.79 Å². The van der Waals surface area contributed by atoms with Crippen LogP contribution in [0.15, 0.2) is 0 Å². The van der Waals surface area contributed by atoms with Gasteiger partial charge in [-0.25, -0.2) is 4.98 Å². The molecule has 1 atom stereocenters. The number of likely N-dealkylation sites (tertiary alicyclic amines) is 1. The molecular weight excluding hydrogens is 272 g/mol. The molecular formula is C15H24N2O2S. The second-order valence-corrected chi connectivity index (χ2v) is 7.23. The minimum atomic E-state index is -0.631. The molecule has 0 saturated carbocycles. The Morgan fingerprint density at radius 3 is 2.45 bits per heavy atom. The average Bonchev–Trinajstić information content (AvgIpc) is 2.76. The number of rotatable bonds is 4. The summed E-state index contributed by atoms with van der Waals surface area (Å²) in [6.07, 6.45) is 2.20. The molecule has 0 amide bonds. The summed E-state index contributed by atoms with van der Waals surface area (Å²) in [4.78, 5) is 19.8. The lowest BCUT2D eigenvalue weighted by Crippen LogP contribution is -2.45. The Kier molecular flexibility index (Phi) is 4.49. The van der Waals surface area contributed by atoms with E-state index in [0.29, 0.717) is 0 Å². The van der Waals surface area contributed by atoms with Crippen molar-refractivity contribution in [2.24, 2.45) is 5.41 Å². The molecule has 1 fully saturated rings. The largest absolute Gasteiger partial charge is 0.481 e. The molecule has 1 saturated heterocycles. The molecule has 1 aromatic heterocycles. The summed E-state index contributed by atoms with van der Waals surface area (Å²) < 4.78 is 0. The van der Waals surface area contributed by atoms with Crippen molar-refractivity contribution in [2.75, 3.05) is 13.1 Å². The third kappa shape index (κ3) is 2.74. The fourth-order valence-electron chi connectivity index (χ4n) is 3.16. The number of piperidine rings is 1. The summed E-state index contributed by atoms with van der Waals surface area (Å²) >= 11 is 1.74. The summed E-state index contributed by atoms with van der Waals surface area (Å²) in [7, 11) is 0. The van der Waals surface area contributed by atoms with Gasteiger partial charge in [-0.1, -0.05) is 6.92 Å². The van der Waals surface area contributed by atoms with Crippen molar-refractivity contribution < 1.29 is 9.90 Å². The first-order valence-corrected chi connectivity index (χ1v) is 8.12. The highest BCUT2D eigenvalue weighted by molar-refractivity contribution is 7.11. The van der Waals surface area contributed by atoms with Crippen LogP contribution in [0.1, 0.15) is 54.7 Å². The first-order valence-electron chi connectivity index (χ1n) is 7.31. The number of carbonyl (C=O) groups is 1. The van der Waals surface area contributed by atoms with Crippen molar-refractivity contribution >= 4 is 17.3 Å². The molecule has 1 aromatic rings. The highest BCUT2D eigenvalue weighted by Crippen LogP contribution is 2.38. The SMILES string of the molecule is CCC1(C(=O)O)CCN(C(C)c2nc(C)sc2C)CC1. The van der Waals surface area contributed by atoms with E-state index in [1.54, 1.807) is 11.3 Å². The monoisotopic (exact) mass is 296 g/mol. The first-order chi connectivity index (χ1) is 9.39. The number of aromatic nitrogens is 1. The molecule has 0 aromatic carbocycles. The zero-order valence-electron chi connectivity index (χ0n) is 12.8. The normalized spacial score (nSPS) is 20.8. The Bertz CT molecular complexity index is 490. The summed E-state index contributed by atoms with van der Waals surface area (Å²) in [6.45, 7) is 10.0. The highest BCUT2D eigenvalue weighted by Gasteiger charge is 2.41. The number of carboxylic acids is 1. The van der Waals surface area contributed by atoms with Crippen LogP contribution in [0.4, 0.5) is 0 Å². The predicted octanol–water partition coefficient (Wildman–Crippen LogP) is 3.40. The van der Waals surface area contributed by atoms with Gasteiger partial charge in [0.2, 0.25) is 0 Å². The van der Waals surface area contributed by atoms with Gasteiger partial charge in [-0.15, -0.1) is 11.3 Å². The van der Waals surface area contributed by atoms with Crippen molar-refractivity contribution in [1.29, 1.82) is 0 Å². The van der Waals surface area contributed by atoms with E-state index in [1.165, 1.54) is 4.88 Å². The van der Waals surface area contributed by atoms with Gasteiger partial charge in [0, 0.05) is 4.88 Å². The lowest BCUT2D eigenvalue weighted by atomic mass is 9.76. The van der Waals surface area contributed by atoms with E-state index < -0.39 is 11.4 Å². The topological polar surface area (TPSA) is 53.4 Å². The second kappa shape index (κ2) is 5.82. The van der Waals surface area contributed by atoms with Crippen LogP contribution in [0, 0.1) is 19.3 Å². The molecule has 20 heavy (non-hydrogen) atoms. The molecule has 0 bridgehead atoms. The standard InChI is InChI=1S/C15H24N2O2S/c1-5-15(14(18)19)6-8-17(9-7-15)10(2)13-11(3)20-12(4)16-13/h10H,5-9H2,1-4H3,(H,18,19). The Morgan fingerprint density at radius 1 is 1.45 bits per heavy atom. The second-order valence-electron chi connectivity index (χ2n) is 5.83. The summed E-state index contributed by atoms with van der Waals surface area (Å²) in [6, 6.07) is 0.281. The van der Waals surface area contributed by atoms with E-state index in [2.05, 4.69) is 23.7 Å². The van der Waals surface area contributed by atoms with Crippen LogP contribution < -0.4 is 0 Å². The summed E-state index contributed by atoms with van der Waals surface area (Å²) in [5.41, 5.74) is 0.648. The van der Waals surface area contributed by atoms with E-state index in [-0.39, 0.29) is 6.04 Å². The van der Waals surface area contributed by atoms with Crippen LogP contribution in [0.5, 0.6) is 0 Å². The van der Waals surface area contributed by atoms with Crippen molar-refractivity contribution in [3.8, 4) is 0 Å². The number of carboxylic acid groups (broad SMARTS) is 1. The van der Waals surface area contributed by atoms with Crippen molar-refractivity contribution in [3.63, 3.8) is 0 Å². The summed E-state index contributed by atoms with van der Waals surface area (Å²) in [5, 5.41) is 10.6. The van der Waals surface area contributed by atoms with Crippen molar-refractivity contribution in [3.05, 3.63) is 15.6 Å². The van der Waals surface area contributed by atoms with E-state index in [1.807, 2.05) is 13.8 Å². The molecule has 112 valence electrons. The molecule has 4 nitrogen and oxygen atoms in total. The van der Waals surface area contributed by atoms with E-state index in [4.69, 9.17) is 0 Å². The fraction of sp³-hybridized carbons (Fsp3) is 0.733. The summed E-state index contributed by atoms with van der Waals surface area (Å²) in [5.74, 6) is -0.631. The quantitative estimate of drug-likeness (QED) is 0.925. The third-order valence-electron chi connectivity index (χ3n) is 4.77. The van der Waals surface area contributed by atoms with Gasteiger partial charge in [0.05, 0.1) is 22.2 Å². The number of hydrogen-bond donors (Lipinski definition) is 1. The molecule has 5 heteroatoms. The minimum Gasteiger partial charge on any atom is -0.481 e. The number of nitrogens with zero attached hydrogens (tertiary/aromatic N) is 2. The molecule has 1 aliphatic rings. The number of aryl methyl sites for hydroxylation is 2. The zero-order valence-corrected chi connectivity index (χ0v) is 13.6. The number of thiazole rings is 1. The van der Waals surface area contributed by atoms with Gasteiger partial charge >= 0.3 is 5.97 Å². The van der Waals surface area contributed by atoms with E-state index in [9.17, 15) is 9.90 Å². The number of aliphatic carboxylic acids is 1. The maximum absolute atomic E-state index is 11.5. The number of hydrogen-bond acceptors (Lipinski definition) is 4. The minimum absolute atomic E-state index is 0.281. The fourth-order valence-corrected chi connectivity index (χ4v) is 4.07. The molecule has 0 radical (unpaired) electrons. The third-order valence-corrected chi connectivity index (χ3v) is 5.67. The highest BCUT2D eigenvalue weighted by atomic mass is 32.1. The van der Waals surface area contributed by atoms with Crippen LogP contribution in [0.3, 0.4) is 0 Å². The van der Waals surface area contributed by atoms with Gasteiger partial charge in [-0.3, -0.25) is 9.69 Å². The van der Waals surface area contributed by atoms with E-state index in [0.717, 1.165) is 43.1 Å². The van der Waals surface area contributed by atoms with Gasteiger partial charge < -0.3 is 5.11 Å². The van der Waals surface area contributed by atoms with Crippen LogP contribution in [-0.4, -0.2) is 34.0 Å². The molecule has 1 unspecified atom stereocenters. The maximum atomic E-state index is 11.5. The van der Waals surface area contributed by atoms with Gasteiger partial charge in [0.1, 0.15) is 0 Å². The molecule has 1 aliphatic heterocycles. The molecule has 2 heterocycles. The smallest absolute Gasteiger partial charge is 0.309 e. The maximum Gasteiger partial charge on any atom is 0.309 e. The lowest BCUT2D eigenvalue weighted by molar-refractivity contribution is -0.152. The zero-order chi connectivity index (χ0) is 14.9. The van der Waals surface area contributed by atoms with Crippen molar-refractivity contribution in [2.45, 2.75) is 53.0 Å². The average molecular weight is 296 g/mol. The Morgan fingerprint density at radius 2 is 2.05 bits per heavy atom. The van der Waals surface area contributed by atoms with Gasteiger partial charge in [-0.2, -0.15) is 0 Å². The van der Waals surface area contributed by atoms with Gasteiger partial charge in [-0.05, 0) is 53.1 Å². The Balaban J connectivity index is 2.07. The molecule has 1 N–H and O–H groups in total. The van der Waals surface area contributed by atoms with Crippen LogP contribution in [0.25, 0.3) is 0 Å². The predicted molar refractivity (Wildman–Crippen MR) is 81.2 cm³/mol. The first kappa shape index (κ1) is 15.4. The molecule has 0 aliphatic carbocycles. The van der Waals surface area contributed by atoms with Gasteiger partial charge in [0.15, 0.2) is 0 Å². The molecule has 2 rings (SSSR count). The van der Waals surface area contributed by atoms with E-state index >= 15 is 0 Å². The Hall–Kier alpha value is -0.940. The van der Waals surface area contributed by atoms with Crippen LogP contribution in [0.2, 0.25) is 0 Å². The van der Waals surface area contributed by atoms with Crippen molar-refractivity contribution in [1.82, 2.24) is 9.88 Å². The molecule has 0 spiro atoms. The lowest BCUT2D eigenvalue weighted by Gasteiger charge is -2.40. The van der Waals surface area contributed by atoms with Gasteiger partial charge in [0.25, 0.3) is 0 Å². The Labute approximate surface area is 124 Å². The van der Waals surface area contributed by atoms with Crippen LogP contribution >= 0.6 is 11.3 Å².